The van der Waals surface area contributed by atoms with Crippen molar-refractivity contribution in [3.05, 3.63) is 48.0 Å². The molecule has 1 aromatic carbocycles. The molecular formula is C42H66N2O9. The zero-order chi connectivity index (χ0) is 39.4. The smallest absolute Gasteiger partial charge is 0.316 e. The summed E-state index contributed by atoms with van der Waals surface area (Å²) in [5.41, 5.74) is -0.301. The highest BCUT2D eigenvalue weighted by atomic mass is 16.7. The molecule has 4 rings (SSSR count). The fraction of sp³-hybridized carbons (Fsp3) is 0.738. The van der Waals surface area contributed by atoms with E-state index in [9.17, 15) is 19.5 Å². The van der Waals surface area contributed by atoms with Crippen LogP contribution in [0.15, 0.2) is 42.5 Å². The summed E-state index contributed by atoms with van der Waals surface area (Å²) in [7, 11) is 5.81. The van der Waals surface area contributed by atoms with Gasteiger partial charge in [0.25, 0.3) is 0 Å². The van der Waals surface area contributed by atoms with Crippen LogP contribution in [0.25, 0.3) is 0 Å². The fourth-order valence-corrected chi connectivity index (χ4v) is 9.06. The second kappa shape index (κ2) is 18.0. The summed E-state index contributed by atoms with van der Waals surface area (Å²) in [6.07, 6.45) is -2.85. The number of likely N-dealkylation sites (N-methyl/N-ethyl adjacent to an activating group) is 2. The van der Waals surface area contributed by atoms with Gasteiger partial charge in [0.15, 0.2) is 12.1 Å². The zero-order valence-electron chi connectivity index (χ0n) is 34.0. The third kappa shape index (κ3) is 9.66. The maximum Gasteiger partial charge on any atom is 0.316 e. The van der Waals surface area contributed by atoms with Crippen LogP contribution in [0.3, 0.4) is 0 Å². The normalized spacial score (nSPS) is 39.2. The molecule has 0 saturated carbocycles. The number of cyclic esters (lactones) is 1. The molecule has 0 radical (unpaired) electrons. The van der Waals surface area contributed by atoms with Crippen molar-refractivity contribution < 1.29 is 43.2 Å². The summed E-state index contributed by atoms with van der Waals surface area (Å²) >= 11 is 0. The molecule has 13 atom stereocenters. The molecule has 11 nitrogen and oxygen atoms in total. The Bertz CT molecular complexity index is 1420. The molecule has 298 valence electrons. The minimum absolute atomic E-state index is 0.0107. The number of hydrogen-bond acceptors (Lipinski definition) is 11. The number of ether oxygens (including phenoxy) is 5. The Morgan fingerprint density at radius 1 is 0.981 bits per heavy atom. The SMILES string of the molecule is C=C1CO[C@]2(C)[C@@H](CC)OC(=O)C(C)C(=O)[C@H](C)[C@@H](O[C@@H]3O[C@H](C)C[C@H](N(C)C)[C@H]3O)[C@](C)(OCCN(C)Cc3ccccc3)CC(C)C(=O)C(C)[C@H]12. The van der Waals surface area contributed by atoms with Crippen molar-refractivity contribution in [3.63, 3.8) is 0 Å². The maximum atomic E-state index is 14.5. The van der Waals surface area contributed by atoms with Gasteiger partial charge in [-0.25, -0.2) is 0 Å². The predicted molar refractivity (Wildman–Crippen MR) is 203 cm³/mol. The van der Waals surface area contributed by atoms with Gasteiger partial charge in [-0.3, -0.25) is 19.3 Å². The number of ketones is 2. The topological polar surface area (TPSA) is 124 Å². The van der Waals surface area contributed by atoms with E-state index in [1.165, 1.54) is 0 Å². The molecule has 1 N–H and O–H groups in total. The Morgan fingerprint density at radius 2 is 1.64 bits per heavy atom. The first-order valence-corrected chi connectivity index (χ1v) is 19.5. The highest BCUT2D eigenvalue weighted by Crippen LogP contribution is 2.46. The number of carbonyl (C=O) groups excluding carboxylic acids is 3. The quantitative estimate of drug-likeness (QED) is 0.196. The largest absolute Gasteiger partial charge is 0.459 e. The van der Waals surface area contributed by atoms with Crippen LogP contribution in [-0.2, 0) is 44.6 Å². The van der Waals surface area contributed by atoms with E-state index < -0.39 is 77.1 Å². The lowest BCUT2D eigenvalue weighted by molar-refractivity contribution is -0.297. The van der Waals surface area contributed by atoms with E-state index in [0.29, 0.717) is 25.9 Å². The van der Waals surface area contributed by atoms with Crippen LogP contribution in [0, 0.1) is 29.6 Å². The van der Waals surface area contributed by atoms with Crippen molar-refractivity contribution >= 4 is 17.5 Å². The molecule has 3 unspecified atom stereocenters. The molecule has 1 aromatic rings. The standard InChI is InChI=1S/C42H66N2O9/c1-13-33-42(9)34(26(3)24-50-42)28(5)35(45)25(2)22-41(8,49-20-19-44(12)23-31-17-15-14-16-18-31)38(29(6)36(46)30(7)39(48)52-33)53-40-37(47)32(43(10)11)21-27(4)51-40/h14-18,25,27-30,32-34,37-38,40,47H,3,13,19-24H2,1-2,4-12H3/t25?,27-,28?,29+,30?,32+,33-,34+,37-,38-,40+,41-,42-/m1/s1. The van der Waals surface area contributed by atoms with Gasteiger partial charge < -0.3 is 33.7 Å². The number of aliphatic hydroxyl groups excluding tert-OH is 1. The number of rotatable bonds is 10. The average molecular weight is 743 g/mol. The molecule has 3 saturated heterocycles. The maximum absolute atomic E-state index is 14.5. The van der Waals surface area contributed by atoms with Gasteiger partial charge in [0.2, 0.25) is 0 Å². The van der Waals surface area contributed by atoms with Crippen molar-refractivity contribution in [3.8, 4) is 0 Å². The molecule has 0 aliphatic carbocycles. The van der Waals surface area contributed by atoms with E-state index in [0.717, 1.165) is 11.1 Å². The van der Waals surface area contributed by atoms with E-state index >= 15 is 0 Å². The summed E-state index contributed by atoms with van der Waals surface area (Å²) in [5.74, 6) is -4.57. The summed E-state index contributed by atoms with van der Waals surface area (Å²) < 4.78 is 32.3. The number of fused-ring (bicyclic) bond motifs is 1. The third-order valence-electron chi connectivity index (χ3n) is 12.1. The molecule has 11 heteroatoms. The van der Waals surface area contributed by atoms with Crippen LogP contribution >= 0.6 is 0 Å². The van der Waals surface area contributed by atoms with Gasteiger partial charge >= 0.3 is 5.97 Å². The van der Waals surface area contributed by atoms with Crippen LogP contribution in [0.1, 0.15) is 80.2 Å². The van der Waals surface area contributed by atoms with Crippen molar-refractivity contribution in [1.82, 2.24) is 9.80 Å². The van der Waals surface area contributed by atoms with E-state index in [-0.39, 0.29) is 37.6 Å². The van der Waals surface area contributed by atoms with Gasteiger partial charge in [-0.1, -0.05) is 64.6 Å². The third-order valence-corrected chi connectivity index (χ3v) is 12.1. The highest BCUT2D eigenvalue weighted by molar-refractivity contribution is 6.00. The van der Waals surface area contributed by atoms with Gasteiger partial charge in [-0.15, -0.1) is 0 Å². The van der Waals surface area contributed by atoms with Crippen LogP contribution in [0.5, 0.6) is 0 Å². The Hall–Kier alpha value is -2.51. The Labute approximate surface area is 317 Å². The van der Waals surface area contributed by atoms with Crippen molar-refractivity contribution in [2.24, 2.45) is 29.6 Å². The number of Topliss-reactive ketones (excluding diaryl/α,β-unsaturated/α-hetero) is 2. The number of benzene rings is 1. The van der Waals surface area contributed by atoms with Crippen LogP contribution in [0.4, 0.5) is 0 Å². The molecule has 3 heterocycles. The lowest BCUT2D eigenvalue weighted by Gasteiger charge is -2.47. The van der Waals surface area contributed by atoms with Gasteiger partial charge in [-0.2, -0.15) is 0 Å². The second-order valence-corrected chi connectivity index (χ2v) is 16.7. The Balaban J connectivity index is 1.77. The summed E-state index contributed by atoms with van der Waals surface area (Å²) in [6.45, 7) is 20.7. The van der Waals surface area contributed by atoms with Gasteiger partial charge in [0.1, 0.15) is 29.5 Å². The summed E-state index contributed by atoms with van der Waals surface area (Å²) in [5, 5.41) is 11.6. The minimum Gasteiger partial charge on any atom is -0.459 e. The van der Waals surface area contributed by atoms with E-state index in [4.69, 9.17) is 23.7 Å². The molecule has 0 spiro atoms. The Morgan fingerprint density at radius 3 is 2.26 bits per heavy atom. The number of esters is 1. The molecule has 3 fully saturated rings. The lowest BCUT2D eigenvalue weighted by Crippen LogP contribution is -2.59. The molecule has 53 heavy (non-hydrogen) atoms. The van der Waals surface area contributed by atoms with Crippen LogP contribution in [-0.4, -0.2) is 121 Å². The number of carbonyl (C=O) groups is 3. The monoisotopic (exact) mass is 742 g/mol. The fourth-order valence-electron chi connectivity index (χ4n) is 9.06. The molecule has 0 bridgehead atoms. The second-order valence-electron chi connectivity index (χ2n) is 16.7. The first kappa shape index (κ1) is 43.2. The van der Waals surface area contributed by atoms with Gasteiger partial charge in [-0.05, 0) is 79.2 Å². The number of nitrogens with zero attached hydrogens (tertiary/aromatic N) is 2. The molecule has 0 amide bonds. The zero-order valence-corrected chi connectivity index (χ0v) is 34.0. The first-order chi connectivity index (χ1) is 24.8. The van der Waals surface area contributed by atoms with Crippen LogP contribution < -0.4 is 0 Å². The van der Waals surface area contributed by atoms with E-state index in [1.807, 2.05) is 85.8 Å². The minimum atomic E-state index is -1.24. The molecular weight excluding hydrogens is 676 g/mol. The van der Waals surface area contributed by atoms with E-state index in [2.05, 4.69) is 23.6 Å². The van der Waals surface area contributed by atoms with E-state index in [1.54, 1.807) is 13.8 Å². The van der Waals surface area contributed by atoms with Gasteiger partial charge in [0, 0.05) is 42.8 Å². The highest BCUT2D eigenvalue weighted by Gasteiger charge is 2.55. The molecule has 0 aromatic heterocycles. The summed E-state index contributed by atoms with van der Waals surface area (Å²) in [6, 6.07) is 9.89. The Kier molecular flexibility index (Phi) is 14.6. The molecule has 3 aliphatic heterocycles. The number of aliphatic hydroxyl groups is 1. The van der Waals surface area contributed by atoms with Crippen molar-refractivity contribution in [1.29, 1.82) is 0 Å². The molecule has 3 aliphatic rings. The summed E-state index contributed by atoms with van der Waals surface area (Å²) in [4.78, 5) is 46.9. The van der Waals surface area contributed by atoms with Crippen molar-refractivity contribution in [2.45, 2.75) is 129 Å². The van der Waals surface area contributed by atoms with Crippen LogP contribution in [0.2, 0.25) is 0 Å². The first-order valence-electron chi connectivity index (χ1n) is 19.5. The average Bonchev–Trinajstić information content (AvgIpc) is 3.42. The number of hydrogen-bond donors (Lipinski definition) is 1. The van der Waals surface area contributed by atoms with Crippen molar-refractivity contribution in [2.75, 3.05) is 40.9 Å². The lowest BCUT2D eigenvalue weighted by atomic mass is 9.69. The van der Waals surface area contributed by atoms with Gasteiger partial charge in [0.05, 0.1) is 31.0 Å². The predicted octanol–water partition coefficient (Wildman–Crippen LogP) is 5.07.